The number of hydrogen-bond acceptors (Lipinski definition) is 5. The van der Waals surface area contributed by atoms with Crippen molar-refractivity contribution < 1.29 is 24.2 Å². The van der Waals surface area contributed by atoms with Crippen molar-refractivity contribution in [2.24, 2.45) is 0 Å². The number of ether oxygens (including phenoxy) is 1. The van der Waals surface area contributed by atoms with Gasteiger partial charge in [-0.05, 0) is 42.8 Å². The highest BCUT2D eigenvalue weighted by molar-refractivity contribution is 6.05. The van der Waals surface area contributed by atoms with Gasteiger partial charge in [0.1, 0.15) is 11.4 Å². The van der Waals surface area contributed by atoms with Gasteiger partial charge in [0.05, 0.1) is 7.11 Å². The Morgan fingerprint density at radius 2 is 1.71 bits per heavy atom. The van der Waals surface area contributed by atoms with Crippen molar-refractivity contribution in [2.45, 2.75) is 19.4 Å². The average Bonchev–Trinajstić information content (AvgIpc) is 2.67. The number of carbonyl (C=O) groups excluding carboxylic acids is 3. The van der Waals surface area contributed by atoms with Crippen LogP contribution in [0.1, 0.15) is 29.3 Å². The fourth-order valence-corrected chi connectivity index (χ4v) is 2.41. The first kappa shape index (κ1) is 20.7. The van der Waals surface area contributed by atoms with E-state index in [4.69, 9.17) is 4.74 Å². The van der Waals surface area contributed by atoms with Crippen LogP contribution in [0.3, 0.4) is 0 Å². The molecule has 7 heteroatoms. The fraction of sp³-hybridized carbons (Fsp3) is 0.190. The molecule has 0 spiro atoms. The Morgan fingerprint density at radius 3 is 2.29 bits per heavy atom. The summed E-state index contributed by atoms with van der Waals surface area (Å²) in [6.45, 7) is 1.54. The zero-order valence-electron chi connectivity index (χ0n) is 15.6. The smallest absolute Gasteiger partial charge is 0.268 e. The molecule has 0 unspecified atom stereocenters. The van der Waals surface area contributed by atoms with E-state index in [1.165, 1.54) is 13.0 Å². The van der Waals surface area contributed by atoms with Gasteiger partial charge in [-0.25, -0.2) is 0 Å². The van der Waals surface area contributed by atoms with Gasteiger partial charge in [0.15, 0.2) is 0 Å². The average molecular weight is 381 g/mol. The van der Waals surface area contributed by atoms with Crippen LogP contribution in [0.15, 0.2) is 60.3 Å². The van der Waals surface area contributed by atoms with Crippen molar-refractivity contribution >= 4 is 23.9 Å². The first-order valence-corrected chi connectivity index (χ1v) is 8.62. The molecule has 7 nitrogen and oxygen atoms in total. The van der Waals surface area contributed by atoms with E-state index in [1.807, 2.05) is 0 Å². The number of hydrogen-bond donors (Lipinski definition) is 2. The Hall–Kier alpha value is -3.61. The maximum atomic E-state index is 12.6. The van der Waals surface area contributed by atoms with Crippen molar-refractivity contribution in [2.75, 3.05) is 7.11 Å². The summed E-state index contributed by atoms with van der Waals surface area (Å²) in [5, 5.41) is 15.8. The van der Waals surface area contributed by atoms with Gasteiger partial charge in [0, 0.05) is 24.0 Å². The minimum atomic E-state index is -1.28. The van der Waals surface area contributed by atoms with Crippen molar-refractivity contribution in [1.29, 1.82) is 0 Å². The van der Waals surface area contributed by atoms with E-state index in [0.717, 1.165) is 0 Å². The molecule has 0 saturated carbocycles. The van der Waals surface area contributed by atoms with Crippen molar-refractivity contribution in [3.05, 3.63) is 71.4 Å². The third kappa shape index (κ3) is 6.28. The highest BCUT2D eigenvalue weighted by Crippen LogP contribution is 2.14. The molecule has 2 aromatic rings. The lowest BCUT2D eigenvalue weighted by atomic mass is 10.1. The monoisotopic (exact) mass is 381 g/mol. The number of benzene rings is 2. The zero-order chi connectivity index (χ0) is 20.5. The summed E-state index contributed by atoms with van der Waals surface area (Å²) in [6, 6.07) is 14.7. The zero-order valence-corrected chi connectivity index (χ0v) is 15.6. The maximum Gasteiger partial charge on any atom is 0.268 e. The standard InChI is InChI=1S/C21H22N2O5/c1-14(12-19(24)25)22-21(27)18(13-15-8-10-17(28-2)11-9-15)23-20(26)16-6-4-3-5-7-16/h3-11,13-14H,12H2,1-2H3,(H,22,27)(H,23,26)(H,24,25)/p-1/b18-13-/t14-/m1/s1. The third-order valence-electron chi connectivity index (χ3n) is 3.81. The van der Waals surface area contributed by atoms with Gasteiger partial charge in [-0.1, -0.05) is 30.3 Å². The van der Waals surface area contributed by atoms with E-state index in [2.05, 4.69) is 10.6 Å². The van der Waals surface area contributed by atoms with Crippen LogP contribution < -0.4 is 20.5 Å². The van der Waals surface area contributed by atoms with Gasteiger partial charge in [-0.2, -0.15) is 0 Å². The van der Waals surface area contributed by atoms with Gasteiger partial charge in [-0.3, -0.25) is 9.59 Å². The van der Waals surface area contributed by atoms with Crippen LogP contribution in [0.4, 0.5) is 0 Å². The number of rotatable bonds is 8. The predicted octanol–water partition coefficient (Wildman–Crippen LogP) is 1.11. The first-order chi connectivity index (χ1) is 13.4. The van der Waals surface area contributed by atoms with Crippen molar-refractivity contribution in [3.63, 3.8) is 0 Å². The second-order valence-electron chi connectivity index (χ2n) is 6.10. The molecule has 0 aliphatic rings. The van der Waals surface area contributed by atoms with E-state index in [9.17, 15) is 19.5 Å². The van der Waals surface area contributed by atoms with E-state index >= 15 is 0 Å². The van der Waals surface area contributed by atoms with Gasteiger partial charge in [-0.15, -0.1) is 0 Å². The number of carboxylic acids is 1. The van der Waals surface area contributed by atoms with Gasteiger partial charge >= 0.3 is 0 Å². The van der Waals surface area contributed by atoms with E-state index in [-0.39, 0.29) is 12.1 Å². The lowest BCUT2D eigenvalue weighted by Crippen LogP contribution is -2.41. The van der Waals surface area contributed by atoms with Crippen LogP contribution in [0, 0.1) is 0 Å². The molecule has 28 heavy (non-hydrogen) atoms. The SMILES string of the molecule is COc1ccc(/C=C(\NC(=O)c2ccccc2)C(=O)N[C@H](C)CC(=O)[O-])cc1. The van der Waals surface area contributed by atoms with Crippen LogP contribution in [0.25, 0.3) is 6.08 Å². The highest BCUT2D eigenvalue weighted by Gasteiger charge is 2.16. The largest absolute Gasteiger partial charge is 0.550 e. The maximum absolute atomic E-state index is 12.6. The normalized spacial score (nSPS) is 12.0. The summed E-state index contributed by atoms with van der Waals surface area (Å²) in [4.78, 5) is 35.8. The summed E-state index contributed by atoms with van der Waals surface area (Å²) in [6.07, 6.45) is 1.16. The molecule has 0 aliphatic carbocycles. The van der Waals surface area contributed by atoms with Gasteiger partial charge in [0.2, 0.25) is 0 Å². The van der Waals surface area contributed by atoms with Crippen LogP contribution >= 0.6 is 0 Å². The van der Waals surface area contributed by atoms with Crippen molar-refractivity contribution in [1.82, 2.24) is 10.6 Å². The second-order valence-corrected chi connectivity index (χ2v) is 6.10. The number of carboxylic acid groups (broad SMARTS) is 1. The quantitative estimate of drug-likeness (QED) is 0.666. The topological polar surface area (TPSA) is 108 Å². The molecule has 0 aromatic heterocycles. The Morgan fingerprint density at radius 1 is 1.07 bits per heavy atom. The lowest BCUT2D eigenvalue weighted by molar-refractivity contribution is -0.306. The molecule has 146 valence electrons. The molecule has 0 heterocycles. The minimum absolute atomic E-state index is 0.00998. The number of aliphatic carboxylic acids is 1. The lowest BCUT2D eigenvalue weighted by Gasteiger charge is -2.16. The highest BCUT2D eigenvalue weighted by atomic mass is 16.5. The molecule has 2 rings (SSSR count). The third-order valence-corrected chi connectivity index (χ3v) is 3.81. The molecule has 1 atom stereocenters. The second kappa shape index (κ2) is 9.91. The molecule has 0 aliphatic heterocycles. The Kier molecular flexibility index (Phi) is 7.33. The number of amides is 2. The van der Waals surface area contributed by atoms with Crippen LogP contribution in [-0.4, -0.2) is 30.9 Å². The molecule has 0 bridgehead atoms. The predicted molar refractivity (Wildman–Crippen MR) is 102 cm³/mol. The molecule has 2 amide bonds. The summed E-state index contributed by atoms with van der Waals surface area (Å²) in [7, 11) is 1.54. The van der Waals surface area contributed by atoms with E-state index in [1.54, 1.807) is 61.7 Å². The number of methoxy groups -OCH3 is 1. The summed E-state index contributed by atoms with van der Waals surface area (Å²) >= 11 is 0. The summed E-state index contributed by atoms with van der Waals surface area (Å²) in [5.41, 5.74) is 1.04. The molecule has 0 radical (unpaired) electrons. The Labute approximate surface area is 163 Å². The number of carbonyl (C=O) groups is 3. The Balaban J connectivity index is 2.25. The summed E-state index contributed by atoms with van der Waals surface area (Å²) in [5.74, 6) is -1.68. The van der Waals surface area contributed by atoms with Gasteiger partial charge in [0.25, 0.3) is 11.8 Å². The fourth-order valence-electron chi connectivity index (χ4n) is 2.41. The van der Waals surface area contributed by atoms with Crippen LogP contribution in [0.2, 0.25) is 0 Å². The number of nitrogens with one attached hydrogen (secondary N) is 2. The molecule has 0 saturated heterocycles. The minimum Gasteiger partial charge on any atom is -0.550 e. The van der Waals surface area contributed by atoms with E-state index < -0.39 is 23.8 Å². The Bertz CT molecular complexity index is 860. The molecular weight excluding hydrogens is 360 g/mol. The van der Waals surface area contributed by atoms with Crippen LogP contribution in [0.5, 0.6) is 5.75 Å². The first-order valence-electron chi connectivity index (χ1n) is 8.62. The molecule has 0 fully saturated rings. The van der Waals surface area contributed by atoms with Gasteiger partial charge < -0.3 is 25.3 Å². The summed E-state index contributed by atoms with van der Waals surface area (Å²) < 4.78 is 5.10. The molecule has 2 N–H and O–H groups in total. The van der Waals surface area contributed by atoms with E-state index in [0.29, 0.717) is 16.9 Å². The molecular formula is C21H21N2O5-. The van der Waals surface area contributed by atoms with Crippen molar-refractivity contribution in [3.8, 4) is 5.75 Å². The van der Waals surface area contributed by atoms with Crippen LogP contribution in [-0.2, 0) is 9.59 Å². The molecule has 2 aromatic carbocycles.